The van der Waals surface area contributed by atoms with Crippen molar-refractivity contribution in [2.45, 2.75) is 12.8 Å². The lowest BCUT2D eigenvalue weighted by molar-refractivity contribution is -0.191. The second-order valence-corrected chi connectivity index (χ2v) is 3.92. The molecule has 0 saturated heterocycles. The molecule has 0 spiro atoms. The normalized spacial score (nSPS) is 10.9. The summed E-state index contributed by atoms with van der Waals surface area (Å²) in [6.45, 7) is 1.69. The van der Waals surface area contributed by atoms with E-state index in [-0.39, 0.29) is 17.9 Å². The van der Waals surface area contributed by atoms with Crippen LogP contribution in [0.25, 0.3) is 10.8 Å². The van der Waals surface area contributed by atoms with Crippen molar-refractivity contribution in [2.24, 2.45) is 0 Å². The Morgan fingerprint density at radius 3 is 2.65 bits per heavy atom. The van der Waals surface area contributed by atoms with Gasteiger partial charge in [-0.2, -0.15) is 9.59 Å². The average Bonchev–Trinajstić information content (AvgIpc) is 2.45. The Morgan fingerprint density at radius 2 is 2.05 bits per heavy atom. The molecule has 6 heteroatoms. The van der Waals surface area contributed by atoms with Crippen molar-refractivity contribution in [2.75, 3.05) is 7.11 Å². The Morgan fingerprint density at radius 1 is 1.40 bits per heavy atom. The smallest absolute Gasteiger partial charge is 0.373 e. The van der Waals surface area contributed by atoms with E-state index >= 15 is 0 Å². The second-order valence-electron chi connectivity index (χ2n) is 3.92. The number of methoxy groups -OCH3 is 1. The number of ether oxygens (including phenoxy) is 1. The first-order valence-electron chi connectivity index (χ1n) is 5.65. The van der Waals surface area contributed by atoms with Gasteiger partial charge in [0.1, 0.15) is 5.82 Å². The molecular formula is C14H12FNO4. The third kappa shape index (κ3) is 3.46. The lowest BCUT2D eigenvalue weighted by atomic mass is 9.96. The van der Waals surface area contributed by atoms with E-state index in [1.54, 1.807) is 25.4 Å². The minimum absolute atomic E-state index is 0.250. The zero-order chi connectivity index (χ0) is 15.1. The van der Waals surface area contributed by atoms with Gasteiger partial charge in [-0.05, 0) is 36.1 Å². The van der Waals surface area contributed by atoms with Crippen LogP contribution in [0, 0.1) is 5.82 Å². The molecule has 1 heterocycles. The number of rotatable bonds is 2. The van der Waals surface area contributed by atoms with Crippen molar-refractivity contribution in [1.29, 1.82) is 0 Å². The topological polar surface area (TPSA) is 73.3 Å². The van der Waals surface area contributed by atoms with Crippen molar-refractivity contribution in [1.82, 2.24) is 4.98 Å². The molecule has 1 atom stereocenters. The number of fused-ring (bicyclic) bond motifs is 1. The number of esters is 1. The average molecular weight is 277 g/mol. The van der Waals surface area contributed by atoms with E-state index in [0.717, 1.165) is 10.8 Å². The third-order valence-electron chi connectivity index (χ3n) is 2.77. The molecule has 0 saturated carbocycles. The number of hydrogen-bond donors (Lipinski definition) is 0. The molecule has 1 aromatic heterocycles. The Hall–Kier alpha value is -2.59. The van der Waals surface area contributed by atoms with Crippen LogP contribution in [0.2, 0.25) is 0 Å². The van der Waals surface area contributed by atoms with E-state index < -0.39 is 5.92 Å². The molecule has 20 heavy (non-hydrogen) atoms. The number of halogens is 1. The largest absolute Gasteiger partial charge is 0.469 e. The number of hydrogen-bond acceptors (Lipinski definition) is 5. The fraction of sp³-hybridized carbons (Fsp3) is 0.214. The van der Waals surface area contributed by atoms with Gasteiger partial charge in [0.2, 0.25) is 0 Å². The minimum atomic E-state index is -0.512. The van der Waals surface area contributed by atoms with Gasteiger partial charge in [0.05, 0.1) is 13.0 Å². The Balaban J connectivity index is 0.000000612. The quantitative estimate of drug-likeness (QED) is 0.786. The van der Waals surface area contributed by atoms with E-state index in [2.05, 4.69) is 9.72 Å². The summed E-state index contributed by atoms with van der Waals surface area (Å²) >= 11 is 0. The summed E-state index contributed by atoms with van der Waals surface area (Å²) in [6.07, 6.45) is 3.47. The van der Waals surface area contributed by atoms with Crippen LogP contribution in [0.15, 0.2) is 30.6 Å². The maximum atomic E-state index is 13.5. The lowest BCUT2D eigenvalue weighted by Crippen LogP contribution is -2.11. The van der Waals surface area contributed by atoms with Crippen molar-refractivity contribution < 1.29 is 23.5 Å². The first kappa shape index (κ1) is 15.5. The molecule has 0 amide bonds. The molecule has 0 aliphatic rings. The van der Waals surface area contributed by atoms with Crippen LogP contribution in [0.1, 0.15) is 18.4 Å². The molecule has 1 aromatic carbocycles. The maximum Gasteiger partial charge on any atom is 0.373 e. The Bertz CT molecular complexity index is 651. The number of aromatic nitrogens is 1. The molecule has 0 N–H and O–H groups in total. The van der Waals surface area contributed by atoms with Crippen LogP contribution in [-0.4, -0.2) is 24.2 Å². The number of benzene rings is 1. The van der Waals surface area contributed by atoms with Gasteiger partial charge in [-0.1, -0.05) is 0 Å². The van der Waals surface area contributed by atoms with Gasteiger partial charge in [0.25, 0.3) is 0 Å². The minimum Gasteiger partial charge on any atom is -0.469 e. The van der Waals surface area contributed by atoms with E-state index in [4.69, 9.17) is 9.59 Å². The van der Waals surface area contributed by atoms with Crippen molar-refractivity contribution in [3.05, 3.63) is 42.0 Å². The summed E-state index contributed by atoms with van der Waals surface area (Å²) < 4.78 is 18.1. The van der Waals surface area contributed by atoms with E-state index in [0.29, 0.717) is 5.56 Å². The van der Waals surface area contributed by atoms with Gasteiger partial charge in [0.15, 0.2) is 0 Å². The SMILES string of the molecule is COC(=O)C(C)c1cc(F)cc2ccncc12.O=C=O. The monoisotopic (exact) mass is 277 g/mol. The number of carbonyl (C=O) groups excluding carboxylic acids is 3. The van der Waals surface area contributed by atoms with Gasteiger partial charge in [-0.25, -0.2) is 4.39 Å². The van der Waals surface area contributed by atoms with Crippen LogP contribution in [0.5, 0.6) is 0 Å². The zero-order valence-electron chi connectivity index (χ0n) is 10.9. The number of pyridine rings is 1. The summed E-state index contributed by atoms with van der Waals surface area (Å²) in [6, 6.07) is 4.49. The number of carbonyl (C=O) groups is 1. The molecular weight excluding hydrogens is 265 g/mol. The standard InChI is InChI=1S/C13H12FNO2.CO2/c1-8(13(16)17-2)11-6-10(14)5-9-3-4-15-7-12(9)11;2-1-3/h3-8H,1-2H3;. The first-order chi connectivity index (χ1) is 9.54. The van der Waals surface area contributed by atoms with E-state index in [9.17, 15) is 9.18 Å². The van der Waals surface area contributed by atoms with Crippen LogP contribution in [-0.2, 0) is 19.1 Å². The summed E-state index contributed by atoms with van der Waals surface area (Å²) in [5.74, 6) is -1.27. The summed E-state index contributed by atoms with van der Waals surface area (Å²) in [5, 5.41) is 1.50. The molecule has 2 rings (SSSR count). The van der Waals surface area contributed by atoms with Crippen LogP contribution < -0.4 is 0 Å². The first-order valence-corrected chi connectivity index (χ1v) is 5.65. The predicted octanol–water partition coefficient (Wildman–Crippen LogP) is 2.07. The Kier molecular flexibility index (Phi) is 5.50. The number of nitrogens with zero attached hydrogens (tertiary/aromatic N) is 1. The van der Waals surface area contributed by atoms with Gasteiger partial charge < -0.3 is 4.74 Å². The fourth-order valence-corrected chi connectivity index (χ4v) is 1.85. The van der Waals surface area contributed by atoms with Gasteiger partial charge in [-0.15, -0.1) is 0 Å². The van der Waals surface area contributed by atoms with E-state index in [1.165, 1.54) is 19.2 Å². The highest BCUT2D eigenvalue weighted by Crippen LogP contribution is 2.27. The van der Waals surface area contributed by atoms with Crippen LogP contribution in [0.3, 0.4) is 0 Å². The molecule has 1 unspecified atom stereocenters. The van der Waals surface area contributed by atoms with Gasteiger partial charge in [0, 0.05) is 17.8 Å². The predicted molar refractivity (Wildman–Crippen MR) is 67.1 cm³/mol. The van der Waals surface area contributed by atoms with Gasteiger partial charge >= 0.3 is 12.1 Å². The Labute approximate surface area is 114 Å². The summed E-state index contributed by atoms with van der Waals surface area (Å²) in [4.78, 5) is 31.7. The highest BCUT2D eigenvalue weighted by Gasteiger charge is 2.19. The highest BCUT2D eigenvalue weighted by atomic mass is 19.1. The van der Waals surface area contributed by atoms with E-state index in [1.807, 2.05) is 0 Å². The lowest BCUT2D eigenvalue weighted by Gasteiger charge is -2.12. The molecule has 0 bridgehead atoms. The molecule has 5 nitrogen and oxygen atoms in total. The molecule has 2 aromatic rings. The fourth-order valence-electron chi connectivity index (χ4n) is 1.85. The van der Waals surface area contributed by atoms with Gasteiger partial charge in [-0.3, -0.25) is 9.78 Å². The van der Waals surface area contributed by atoms with Crippen molar-refractivity contribution >= 4 is 22.9 Å². The molecule has 0 fully saturated rings. The summed E-state index contributed by atoms with van der Waals surface area (Å²) in [7, 11) is 1.32. The second kappa shape index (κ2) is 7.11. The van der Waals surface area contributed by atoms with Crippen LogP contribution >= 0.6 is 0 Å². The highest BCUT2D eigenvalue weighted by molar-refractivity contribution is 5.90. The maximum absolute atomic E-state index is 13.5. The molecule has 0 aliphatic heterocycles. The third-order valence-corrected chi connectivity index (χ3v) is 2.77. The van der Waals surface area contributed by atoms with Crippen LogP contribution in [0.4, 0.5) is 4.39 Å². The molecule has 0 aliphatic carbocycles. The molecule has 0 radical (unpaired) electrons. The molecule has 104 valence electrons. The van der Waals surface area contributed by atoms with Crippen molar-refractivity contribution in [3.8, 4) is 0 Å². The summed E-state index contributed by atoms with van der Waals surface area (Å²) in [5.41, 5.74) is 0.597. The zero-order valence-corrected chi connectivity index (χ0v) is 10.9. The van der Waals surface area contributed by atoms with Crippen molar-refractivity contribution in [3.63, 3.8) is 0 Å².